The number of hydrogen-bond donors (Lipinski definition) is 2. The van der Waals surface area contributed by atoms with E-state index in [2.05, 4.69) is 22.0 Å². The number of thiophene rings is 1. The maximum Gasteiger partial charge on any atom is 0.259 e. The first-order valence-corrected chi connectivity index (χ1v) is 11.9. The van der Waals surface area contributed by atoms with Crippen LogP contribution in [-0.2, 0) is 30.7 Å². The van der Waals surface area contributed by atoms with Crippen LogP contribution in [0, 0.1) is 0 Å². The molecule has 7 heteroatoms. The summed E-state index contributed by atoms with van der Waals surface area (Å²) in [5, 5.41) is 11.3. The molecule has 0 saturated heterocycles. The van der Waals surface area contributed by atoms with Crippen LogP contribution in [0.5, 0.6) is 0 Å². The third-order valence-corrected chi connectivity index (χ3v) is 6.77. The number of rotatable bonds is 9. The highest BCUT2D eigenvalue weighted by Gasteiger charge is 2.21. The van der Waals surface area contributed by atoms with Crippen LogP contribution >= 0.6 is 11.3 Å². The number of aromatic amines is 1. The molecular formula is C24H31N3O3S. The lowest BCUT2D eigenvalue weighted by Crippen LogP contribution is -2.35. The van der Waals surface area contributed by atoms with E-state index in [9.17, 15) is 9.90 Å². The molecule has 6 nitrogen and oxygen atoms in total. The summed E-state index contributed by atoms with van der Waals surface area (Å²) in [5.41, 5.74) is 2.31. The molecule has 1 aliphatic carbocycles. The van der Waals surface area contributed by atoms with Crippen molar-refractivity contribution in [2.75, 3.05) is 13.2 Å². The predicted molar refractivity (Wildman–Crippen MR) is 125 cm³/mol. The number of benzene rings is 1. The van der Waals surface area contributed by atoms with Gasteiger partial charge in [-0.2, -0.15) is 0 Å². The Morgan fingerprint density at radius 2 is 1.97 bits per heavy atom. The molecule has 0 radical (unpaired) electrons. The van der Waals surface area contributed by atoms with Gasteiger partial charge in [-0.3, -0.25) is 9.69 Å². The monoisotopic (exact) mass is 441 g/mol. The number of nitrogens with zero attached hydrogens (tertiary/aromatic N) is 2. The van der Waals surface area contributed by atoms with E-state index in [-0.39, 0.29) is 18.3 Å². The average molecular weight is 442 g/mol. The Kier molecular flexibility index (Phi) is 7.17. The molecule has 1 atom stereocenters. The molecular weight excluding hydrogens is 410 g/mol. The zero-order valence-electron chi connectivity index (χ0n) is 18.3. The van der Waals surface area contributed by atoms with E-state index in [0.29, 0.717) is 25.5 Å². The number of aliphatic hydroxyl groups excluding tert-OH is 1. The third kappa shape index (κ3) is 5.60. The summed E-state index contributed by atoms with van der Waals surface area (Å²) in [4.78, 5) is 25.0. The SMILES string of the molecule is CC(C)OC[C@@H](O)CN(Cc1ccccc1)Cc1nc2sc3c(c2c(=O)[nH]1)CCCC3. The van der Waals surface area contributed by atoms with Gasteiger partial charge in [0, 0.05) is 18.0 Å². The second-order valence-electron chi connectivity index (χ2n) is 8.59. The van der Waals surface area contributed by atoms with Crippen molar-refractivity contribution in [2.45, 2.75) is 64.8 Å². The lowest BCUT2D eigenvalue weighted by Gasteiger charge is -2.25. The van der Waals surface area contributed by atoms with E-state index in [1.54, 1.807) is 11.3 Å². The van der Waals surface area contributed by atoms with Crippen LogP contribution in [0.3, 0.4) is 0 Å². The number of nitrogens with one attached hydrogen (secondary N) is 1. The number of aryl methyl sites for hydroxylation is 2. The number of hydrogen-bond acceptors (Lipinski definition) is 6. The molecule has 0 amide bonds. The highest BCUT2D eigenvalue weighted by atomic mass is 32.1. The summed E-state index contributed by atoms with van der Waals surface area (Å²) in [7, 11) is 0. The van der Waals surface area contributed by atoms with Crippen molar-refractivity contribution in [2.24, 2.45) is 0 Å². The summed E-state index contributed by atoms with van der Waals surface area (Å²) in [5.74, 6) is 0.643. The zero-order valence-corrected chi connectivity index (χ0v) is 19.1. The number of aliphatic hydroxyl groups is 1. The van der Waals surface area contributed by atoms with Gasteiger partial charge in [-0.1, -0.05) is 30.3 Å². The number of ether oxygens (including phenoxy) is 1. The van der Waals surface area contributed by atoms with Gasteiger partial charge in [0.15, 0.2) is 0 Å². The molecule has 0 unspecified atom stereocenters. The minimum atomic E-state index is -0.615. The molecule has 1 aromatic carbocycles. The van der Waals surface area contributed by atoms with Crippen molar-refractivity contribution in [3.05, 3.63) is 62.5 Å². The third-order valence-electron chi connectivity index (χ3n) is 5.59. The van der Waals surface area contributed by atoms with Crippen molar-refractivity contribution in [1.29, 1.82) is 0 Å². The standard InChI is InChI=1S/C24H31N3O3S/c1-16(2)30-15-18(28)13-27(12-17-8-4-3-5-9-17)14-21-25-23(29)22-19-10-6-7-11-20(19)31-24(22)26-21/h3-5,8-9,16,18,28H,6-7,10-15H2,1-2H3,(H,25,26,29)/t18-/m0/s1. The molecule has 2 N–H and O–H groups in total. The second-order valence-corrected chi connectivity index (χ2v) is 9.68. The summed E-state index contributed by atoms with van der Waals surface area (Å²) in [6.07, 6.45) is 3.81. The molecule has 0 spiro atoms. The van der Waals surface area contributed by atoms with E-state index in [1.807, 2.05) is 32.0 Å². The summed E-state index contributed by atoms with van der Waals surface area (Å²) >= 11 is 1.67. The van der Waals surface area contributed by atoms with Gasteiger partial charge in [0.1, 0.15) is 10.7 Å². The van der Waals surface area contributed by atoms with Crippen LogP contribution in [0.4, 0.5) is 0 Å². The van der Waals surface area contributed by atoms with Gasteiger partial charge in [-0.05, 0) is 50.7 Å². The first kappa shape index (κ1) is 22.1. The Labute approximate surface area is 186 Å². The van der Waals surface area contributed by atoms with Gasteiger partial charge >= 0.3 is 0 Å². The molecule has 0 saturated carbocycles. The summed E-state index contributed by atoms with van der Waals surface area (Å²) < 4.78 is 5.58. The largest absolute Gasteiger partial charge is 0.389 e. The Morgan fingerprint density at radius 3 is 2.74 bits per heavy atom. The fourth-order valence-electron chi connectivity index (χ4n) is 4.18. The highest BCUT2D eigenvalue weighted by Crippen LogP contribution is 2.33. The first-order chi connectivity index (χ1) is 15.0. The molecule has 166 valence electrons. The molecule has 0 bridgehead atoms. The molecule has 3 aromatic rings. The van der Waals surface area contributed by atoms with Crippen molar-refractivity contribution >= 4 is 21.6 Å². The fraction of sp³-hybridized carbons (Fsp3) is 0.500. The van der Waals surface area contributed by atoms with E-state index < -0.39 is 6.10 Å². The smallest absolute Gasteiger partial charge is 0.259 e. The Morgan fingerprint density at radius 1 is 1.19 bits per heavy atom. The van der Waals surface area contributed by atoms with E-state index in [4.69, 9.17) is 9.72 Å². The van der Waals surface area contributed by atoms with Gasteiger partial charge in [0.25, 0.3) is 5.56 Å². The van der Waals surface area contributed by atoms with Crippen LogP contribution in [0.2, 0.25) is 0 Å². The van der Waals surface area contributed by atoms with Crippen LogP contribution in [0.15, 0.2) is 35.1 Å². The second kappa shape index (κ2) is 10.0. The van der Waals surface area contributed by atoms with E-state index in [1.165, 1.54) is 16.9 Å². The average Bonchev–Trinajstić information content (AvgIpc) is 3.11. The van der Waals surface area contributed by atoms with Gasteiger partial charge < -0.3 is 14.8 Å². The van der Waals surface area contributed by atoms with Crippen molar-refractivity contribution < 1.29 is 9.84 Å². The van der Waals surface area contributed by atoms with Crippen molar-refractivity contribution in [3.63, 3.8) is 0 Å². The maximum absolute atomic E-state index is 12.9. The zero-order chi connectivity index (χ0) is 21.8. The van der Waals surface area contributed by atoms with Crippen LogP contribution in [0.25, 0.3) is 10.2 Å². The molecule has 4 rings (SSSR count). The Bertz CT molecular complexity index is 1060. The van der Waals surface area contributed by atoms with Crippen LogP contribution in [0.1, 0.15) is 48.5 Å². The quantitative estimate of drug-likeness (QED) is 0.530. The number of aromatic nitrogens is 2. The van der Waals surface area contributed by atoms with Gasteiger partial charge in [0.05, 0.1) is 30.7 Å². The summed E-state index contributed by atoms with van der Waals surface area (Å²) in [6.45, 7) is 5.75. The Hall–Kier alpha value is -2.06. The first-order valence-electron chi connectivity index (χ1n) is 11.1. The molecule has 1 aliphatic rings. The van der Waals surface area contributed by atoms with Gasteiger partial charge in [0.2, 0.25) is 0 Å². The Balaban J connectivity index is 1.56. The topological polar surface area (TPSA) is 78.5 Å². The predicted octanol–water partition coefficient (Wildman–Crippen LogP) is 3.65. The molecule has 2 aromatic heterocycles. The molecule has 31 heavy (non-hydrogen) atoms. The highest BCUT2D eigenvalue weighted by molar-refractivity contribution is 7.18. The lowest BCUT2D eigenvalue weighted by atomic mass is 9.97. The van der Waals surface area contributed by atoms with Crippen molar-refractivity contribution in [1.82, 2.24) is 14.9 Å². The minimum absolute atomic E-state index is 0.0391. The molecule has 0 fully saturated rings. The summed E-state index contributed by atoms with van der Waals surface area (Å²) in [6, 6.07) is 10.1. The fourth-order valence-corrected chi connectivity index (χ4v) is 5.46. The maximum atomic E-state index is 12.9. The van der Waals surface area contributed by atoms with Gasteiger partial charge in [-0.15, -0.1) is 11.3 Å². The molecule has 0 aliphatic heterocycles. The normalized spacial score (nSPS) is 15.0. The number of fused-ring (bicyclic) bond motifs is 3. The van der Waals surface area contributed by atoms with E-state index >= 15 is 0 Å². The lowest BCUT2D eigenvalue weighted by molar-refractivity contribution is -0.0109. The van der Waals surface area contributed by atoms with E-state index in [0.717, 1.165) is 35.0 Å². The van der Waals surface area contributed by atoms with Crippen molar-refractivity contribution in [3.8, 4) is 0 Å². The van der Waals surface area contributed by atoms with Gasteiger partial charge in [-0.25, -0.2) is 4.98 Å². The molecule has 2 heterocycles. The number of H-pyrrole nitrogens is 1. The minimum Gasteiger partial charge on any atom is -0.389 e. The van der Waals surface area contributed by atoms with Crippen LogP contribution < -0.4 is 5.56 Å². The van der Waals surface area contributed by atoms with Crippen LogP contribution in [-0.4, -0.2) is 45.3 Å².